The van der Waals surface area contributed by atoms with Gasteiger partial charge in [0.25, 0.3) is 0 Å². The van der Waals surface area contributed by atoms with E-state index in [4.69, 9.17) is 5.26 Å². The summed E-state index contributed by atoms with van der Waals surface area (Å²) in [6.07, 6.45) is 0. The lowest BCUT2D eigenvalue weighted by Gasteiger charge is -2.09. The van der Waals surface area contributed by atoms with Crippen LogP contribution in [0.2, 0.25) is 0 Å². The lowest BCUT2D eigenvalue weighted by Crippen LogP contribution is -2.03. The van der Waals surface area contributed by atoms with Crippen molar-refractivity contribution in [3.63, 3.8) is 0 Å². The van der Waals surface area contributed by atoms with Gasteiger partial charge in [-0.1, -0.05) is 6.07 Å². The second kappa shape index (κ2) is 5.31. The van der Waals surface area contributed by atoms with E-state index in [2.05, 4.69) is 15.6 Å². The molecule has 2 N–H and O–H groups in total. The summed E-state index contributed by atoms with van der Waals surface area (Å²) in [6.45, 7) is 0. The summed E-state index contributed by atoms with van der Waals surface area (Å²) in [5, 5.41) is 14.0. The minimum absolute atomic E-state index is 0.0552. The van der Waals surface area contributed by atoms with E-state index >= 15 is 0 Å². The Kier molecular flexibility index (Phi) is 3.57. The van der Waals surface area contributed by atoms with Crippen LogP contribution in [0, 0.1) is 23.0 Å². The normalized spacial score (nSPS) is 9.79. The summed E-state index contributed by atoms with van der Waals surface area (Å²) in [6, 6.07) is 9.20. The molecule has 2 rings (SSSR count). The van der Waals surface area contributed by atoms with Crippen LogP contribution in [0.1, 0.15) is 5.56 Å². The number of nitrogens with zero attached hydrogens (tertiary/aromatic N) is 2. The predicted octanol–water partition coefficient (Wildman–Crippen LogP) is 3.02. The number of hydrogen-bond acceptors (Lipinski definition) is 4. The van der Waals surface area contributed by atoms with Gasteiger partial charge in [0.1, 0.15) is 0 Å². The number of nitrogens with one attached hydrogen (secondary N) is 2. The second-order valence-corrected chi connectivity index (χ2v) is 3.72. The van der Waals surface area contributed by atoms with Crippen LogP contribution in [-0.2, 0) is 0 Å². The minimum atomic E-state index is -0.807. The first-order chi connectivity index (χ1) is 9.13. The summed E-state index contributed by atoms with van der Waals surface area (Å²) >= 11 is 0. The van der Waals surface area contributed by atoms with Crippen molar-refractivity contribution in [2.45, 2.75) is 0 Å². The summed E-state index contributed by atoms with van der Waals surface area (Å²) in [5.74, 6) is -1.74. The van der Waals surface area contributed by atoms with Gasteiger partial charge in [-0.05, 0) is 18.2 Å². The molecule has 2 aromatic rings. The maximum atomic E-state index is 13.6. The molecule has 0 spiro atoms. The van der Waals surface area contributed by atoms with Crippen LogP contribution in [0.5, 0.6) is 0 Å². The molecule has 1 heterocycles. The highest BCUT2D eigenvalue weighted by Gasteiger charge is 2.11. The van der Waals surface area contributed by atoms with E-state index < -0.39 is 11.6 Å². The zero-order chi connectivity index (χ0) is 13.8. The molecule has 0 aliphatic heterocycles. The first kappa shape index (κ1) is 12.8. The highest BCUT2D eigenvalue weighted by molar-refractivity contribution is 5.60. The van der Waals surface area contributed by atoms with E-state index in [0.717, 1.165) is 6.07 Å². The average Bonchev–Trinajstić information content (AvgIpc) is 2.42. The summed E-state index contributed by atoms with van der Waals surface area (Å²) in [4.78, 5) is 3.79. The second-order valence-electron chi connectivity index (χ2n) is 3.72. The zero-order valence-electron chi connectivity index (χ0n) is 10.0. The molecule has 0 aliphatic carbocycles. The van der Waals surface area contributed by atoms with E-state index in [-0.39, 0.29) is 11.6 Å². The number of aromatic nitrogens is 1. The Morgan fingerprint density at radius 2 is 1.89 bits per heavy atom. The standard InChI is InChI=1S/C13H10F2N4/c1-17-12-10(14)6-11(15)13(19-12)18-9-4-2-3-8(5-9)7-16/h2-6H,1H3,(H2,17,18,19). The number of anilines is 3. The Hall–Kier alpha value is -2.68. The highest BCUT2D eigenvalue weighted by atomic mass is 19.1. The monoisotopic (exact) mass is 260 g/mol. The van der Waals surface area contributed by atoms with E-state index in [1.165, 1.54) is 7.05 Å². The van der Waals surface area contributed by atoms with Crippen molar-refractivity contribution in [3.05, 3.63) is 47.5 Å². The first-order valence-electron chi connectivity index (χ1n) is 5.45. The van der Waals surface area contributed by atoms with E-state index in [1.807, 2.05) is 6.07 Å². The van der Waals surface area contributed by atoms with Gasteiger partial charge in [0.15, 0.2) is 23.3 Å². The molecule has 1 aromatic heterocycles. The quantitative estimate of drug-likeness (QED) is 0.890. The van der Waals surface area contributed by atoms with E-state index in [9.17, 15) is 8.78 Å². The Morgan fingerprint density at radius 3 is 2.58 bits per heavy atom. The fraction of sp³-hybridized carbons (Fsp3) is 0.0769. The molecule has 0 saturated carbocycles. The SMILES string of the molecule is CNc1nc(Nc2cccc(C#N)c2)c(F)cc1F. The van der Waals surface area contributed by atoms with Crippen LogP contribution in [0.3, 0.4) is 0 Å². The molecule has 0 bridgehead atoms. The summed E-state index contributed by atoms with van der Waals surface area (Å²) < 4.78 is 26.8. The first-order valence-corrected chi connectivity index (χ1v) is 5.45. The van der Waals surface area contributed by atoms with Gasteiger partial charge in [-0.25, -0.2) is 13.8 Å². The molecule has 96 valence electrons. The smallest absolute Gasteiger partial charge is 0.169 e. The van der Waals surface area contributed by atoms with Gasteiger partial charge in [0.2, 0.25) is 0 Å². The van der Waals surface area contributed by atoms with Crippen molar-refractivity contribution < 1.29 is 8.78 Å². The molecule has 0 unspecified atom stereocenters. The number of halogens is 2. The Bertz CT molecular complexity index is 650. The molecule has 1 aromatic carbocycles. The molecular weight excluding hydrogens is 250 g/mol. The zero-order valence-corrected chi connectivity index (χ0v) is 10.0. The molecule has 6 heteroatoms. The number of nitriles is 1. The molecule has 19 heavy (non-hydrogen) atoms. The van der Waals surface area contributed by atoms with Crippen LogP contribution < -0.4 is 10.6 Å². The molecule has 0 atom stereocenters. The van der Waals surface area contributed by atoms with Crippen molar-refractivity contribution in [1.82, 2.24) is 4.98 Å². The van der Waals surface area contributed by atoms with Crippen LogP contribution in [0.25, 0.3) is 0 Å². The van der Waals surface area contributed by atoms with Crippen molar-refractivity contribution in [3.8, 4) is 6.07 Å². The topological polar surface area (TPSA) is 60.7 Å². The third-order valence-corrected chi connectivity index (χ3v) is 2.42. The Balaban J connectivity index is 2.35. The van der Waals surface area contributed by atoms with E-state index in [1.54, 1.807) is 24.3 Å². The number of rotatable bonds is 3. The largest absolute Gasteiger partial charge is 0.371 e. The van der Waals surface area contributed by atoms with Gasteiger partial charge < -0.3 is 10.6 Å². The third-order valence-electron chi connectivity index (χ3n) is 2.42. The van der Waals surface area contributed by atoms with Crippen LogP contribution >= 0.6 is 0 Å². The fourth-order valence-corrected chi connectivity index (χ4v) is 1.53. The van der Waals surface area contributed by atoms with Gasteiger partial charge >= 0.3 is 0 Å². The molecule has 0 radical (unpaired) electrons. The average molecular weight is 260 g/mol. The van der Waals surface area contributed by atoms with Gasteiger partial charge in [-0.15, -0.1) is 0 Å². The molecule has 0 amide bonds. The highest BCUT2D eigenvalue weighted by Crippen LogP contribution is 2.22. The fourth-order valence-electron chi connectivity index (χ4n) is 1.53. The van der Waals surface area contributed by atoms with Crippen molar-refractivity contribution >= 4 is 17.3 Å². The van der Waals surface area contributed by atoms with Crippen LogP contribution in [-0.4, -0.2) is 12.0 Å². The molecular formula is C13H10F2N4. The third kappa shape index (κ3) is 2.77. The molecule has 0 aliphatic rings. The van der Waals surface area contributed by atoms with Crippen molar-refractivity contribution in [2.75, 3.05) is 17.7 Å². The van der Waals surface area contributed by atoms with Crippen molar-refractivity contribution in [2.24, 2.45) is 0 Å². The predicted molar refractivity (Wildman–Crippen MR) is 68.1 cm³/mol. The Labute approximate surface area is 108 Å². The minimum Gasteiger partial charge on any atom is -0.371 e. The lowest BCUT2D eigenvalue weighted by atomic mass is 10.2. The van der Waals surface area contributed by atoms with E-state index in [0.29, 0.717) is 11.3 Å². The van der Waals surface area contributed by atoms with Gasteiger partial charge in [0, 0.05) is 18.8 Å². The van der Waals surface area contributed by atoms with Gasteiger partial charge in [-0.2, -0.15) is 5.26 Å². The van der Waals surface area contributed by atoms with Crippen LogP contribution in [0.15, 0.2) is 30.3 Å². The maximum Gasteiger partial charge on any atom is 0.169 e. The number of benzene rings is 1. The maximum absolute atomic E-state index is 13.6. The molecule has 4 nitrogen and oxygen atoms in total. The molecule has 0 fully saturated rings. The van der Waals surface area contributed by atoms with Crippen molar-refractivity contribution in [1.29, 1.82) is 5.26 Å². The number of hydrogen-bond donors (Lipinski definition) is 2. The number of pyridine rings is 1. The lowest BCUT2D eigenvalue weighted by molar-refractivity contribution is 0.580. The van der Waals surface area contributed by atoms with Gasteiger partial charge in [0.05, 0.1) is 11.6 Å². The van der Waals surface area contributed by atoms with Gasteiger partial charge in [-0.3, -0.25) is 0 Å². The Morgan fingerprint density at radius 1 is 1.16 bits per heavy atom. The summed E-state index contributed by atoms with van der Waals surface area (Å²) in [5.41, 5.74) is 0.931. The molecule has 0 saturated heterocycles. The van der Waals surface area contributed by atoms with Crippen LogP contribution in [0.4, 0.5) is 26.1 Å². The summed E-state index contributed by atoms with van der Waals surface area (Å²) in [7, 11) is 1.49.